The third-order valence-corrected chi connectivity index (χ3v) is 5.67. The number of para-hydroxylation sites is 1. The zero-order valence-corrected chi connectivity index (χ0v) is 15.7. The van der Waals surface area contributed by atoms with Crippen LogP contribution in [0, 0.1) is 6.92 Å². The molecule has 1 atom stereocenters. The Balaban J connectivity index is 1.49. The van der Waals surface area contributed by atoms with Crippen LogP contribution >= 0.6 is 0 Å². The Morgan fingerprint density at radius 3 is 2.69 bits per heavy atom. The summed E-state index contributed by atoms with van der Waals surface area (Å²) in [5, 5.41) is 9.66. The van der Waals surface area contributed by atoms with E-state index in [1.165, 1.54) is 11.1 Å². The van der Waals surface area contributed by atoms with Crippen molar-refractivity contribution in [1.29, 1.82) is 0 Å². The first-order valence-electron chi connectivity index (χ1n) is 9.57. The van der Waals surface area contributed by atoms with Crippen molar-refractivity contribution in [3.63, 3.8) is 0 Å². The maximum absolute atomic E-state index is 12.7. The van der Waals surface area contributed by atoms with Crippen LogP contribution in [0.2, 0.25) is 0 Å². The molecular weight excluding hydrogens is 328 g/mol. The lowest BCUT2D eigenvalue weighted by Crippen LogP contribution is -2.53. The van der Waals surface area contributed by atoms with E-state index >= 15 is 0 Å². The van der Waals surface area contributed by atoms with Gasteiger partial charge >= 0.3 is 0 Å². The van der Waals surface area contributed by atoms with Crippen molar-refractivity contribution < 1.29 is 9.59 Å². The molecule has 2 aliphatic rings. The molecule has 1 unspecified atom stereocenters. The normalized spacial score (nSPS) is 27.3. The van der Waals surface area contributed by atoms with Crippen LogP contribution in [-0.4, -0.2) is 36.0 Å². The minimum absolute atomic E-state index is 0.0146. The Kier molecular flexibility index (Phi) is 5.51. The van der Waals surface area contributed by atoms with E-state index in [-0.39, 0.29) is 29.4 Å². The summed E-state index contributed by atoms with van der Waals surface area (Å²) in [5.41, 5.74) is 8.75. The highest BCUT2D eigenvalue weighted by Gasteiger charge is 2.34. The molecule has 1 saturated carbocycles. The second kappa shape index (κ2) is 7.66. The Morgan fingerprint density at radius 2 is 2.04 bits per heavy atom. The van der Waals surface area contributed by atoms with Crippen molar-refractivity contribution in [2.45, 2.75) is 70.0 Å². The first-order chi connectivity index (χ1) is 12.4. The maximum Gasteiger partial charge on any atom is 0.243 e. The number of carbonyl (C=O) groups excluding carboxylic acids is 2. The summed E-state index contributed by atoms with van der Waals surface area (Å²) in [5.74, 6) is 0.0853. The lowest BCUT2D eigenvalue weighted by molar-refractivity contribution is -0.124. The summed E-state index contributed by atoms with van der Waals surface area (Å²) in [7, 11) is 0. The van der Waals surface area contributed by atoms with Crippen molar-refractivity contribution in [1.82, 2.24) is 10.6 Å². The molecule has 1 aromatic carbocycles. The van der Waals surface area contributed by atoms with E-state index in [1.807, 2.05) is 6.07 Å². The molecule has 0 aromatic heterocycles. The fourth-order valence-electron chi connectivity index (χ4n) is 4.06. The van der Waals surface area contributed by atoms with Gasteiger partial charge < -0.3 is 21.7 Å². The number of fused-ring (bicyclic) bond motifs is 1. The van der Waals surface area contributed by atoms with E-state index in [0.717, 1.165) is 37.8 Å². The summed E-state index contributed by atoms with van der Waals surface area (Å²) in [6.45, 7) is 4.52. The maximum atomic E-state index is 12.7. The van der Waals surface area contributed by atoms with Crippen molar-refractivity contribution >= 4 is 17.5 Å². The van der Waals surface area contributed by atoms with Gasteiger partial charge in [0.15, 0.2) is 0 Å². The fourth-order valence-corrected chi connectivity index (χ4v) is 4.06. The Bertz CT molecular complexity index is 680. The molecule has 0 saturated heterocycles. The van der Waals surface area contributed by atoms with Crippen LogP contribution in [0.1, 0.15) is 50.2 Å². The van der Waals surface area contributed by atoms with E-state index < -0.39 is 0 Å². The lowest BCUT2D eigenvalue weighted by atomic mass is 9.80. The average molecular weight is 358 g/mol. The van der Waals surface area contributed by atoms with Crippen LogP contribution in [0.25, 0.3) is 0 Å². The second-order valence-electron chi connectivity index (χ2n) is 7.94. The number of nitrogens with two attached hydrogens (primary N) is 1. The third-order valence-electron chi connectivity index (χ3n) is 5.67. The first kappa shape index (κ1) is 18.7. The summed E-state index contributed by atoms with van der Waals surface area (Å²) in [6, 6.07) is 6.17. The van der Waals surface area contributed by atoms with Crippen molar-refractivity contribution in [3.8, 4) is 0 Å². The van der Waals surface area contributed by atoms with Gasteiger partial charge in [-0.3, -0.25) is 9.59 Å². The van der Waals surface area contributed by atoms with Crippen molar-refractivity contribution in [2.75, 3.05) is 11.9 Å². The molecule has 1 heterocycles. The highest BCUT2D eigenvalue weighted by Crippen LogP contribution is 2.31. The Labute approximate surface area is 155 Å². The van der Waals surface area contributed by atoms with Gasteiger partial charge in [0.05, 0.1) is 0 Å². The van der Waals surface area contributed by atoms with Crippen LogP contribution in [0.5, 0.6) is 0 Å². The second-order valence-corrected chi connectivity index (χ2v) is 7.94. The van der Waals surface area contributed by atoms with Crippen LogP contribution in [0.4, 0.5) is 5.69 Å². The van der Waals surface area contributed by atoms with Crippen LogP contribution in [0.3, 0.4) is 0 Å². The number of nitrogens with one attached hydrogen (secondary N) is 3. The van der Waals surface area contributed by atoms with E-state index in [2.05, 4.69) is 41.9 Å². The van der Waals surface area contributed by atoms with Crippen LogP contribution in [-0.2, 0) is 16.0 Å². The number of amides is 2. The number of hydrogen-bond donors (Lipinski definition) is 4. The zero-order valence-electron chi connectivity index (χ0n) is 15.7. The molecule has 6 nitrogen and oxygen atoms in total. The molecule has 2 amide bonds. The van der Waals surface area contributed by atoms with Gasteiger partial charge in [-0.05, 0) is 50.7 Å². The summed E-state index contributed by atoms with van der Waals surface area (Å²) >= 11 is 0. The minimum atomic E-state index is -0.191. The molecule has 6 heteroatoms. The molecule has 3 rings (SSSR count). The monoisotopic (exact) mass is 358 g/mol. The third kappa shape index (κ3) is 4.18. The number of anilines is 1. The Morgan fingerprint density at radius 1 is 1.31 bits per heavy atom. The largest absolute Gasteiger partial charge is 0.373 e. The molecular formula is C20H30N4O2. The van der Waals surface area contributed by atoms with Crippen LogP contribution in [0.15, 0.2) is 18.2 Å². The number of benzene rings is 1. The van der Waals surface area contributed by atoms with E-state index in [4.69, 9.17) is 5.73 Å². The Hall–Kier alpha value is -2.08. The van der Waals surface area contributed by atoms with Gasteiger partial charge in [0.25, 0.3) is 0 Å². The minimum Gasteiger partial charge on any atom is -0.373 e. The fraction of sp³-hybridized carbons (Fsp3) is 0.600. The molecule has 1 aliphatic carbocycles. The van der Waals surface area contributed by atoms with Gasteiger partial charge in [-0.15, -0.1) is 0 Å². The molecule has 1 fully saturated rings. The molecule has 26 heavy (non-hydrogen) atoms. The van der Waals surface area contributed by atoms with Gasteiger partial charge in [0.2, 0.25) is 11.8 Å². The quantitative estimate of drug-likeness (QED) is 0.643. The van der Waals surface area contributed by atoms with E-state index in [0.29, 0.717) is 13.0 Å². The molecule has 1 aromatic rings. The molecule has 5 N–H and O–H groups in total. The molecule has 142 valence electrons. The topological polar surface area (TPSA) is 96.2 Å². The molecule has 0 bridgehead atoms. The van der Waals surface area contributed by atoms with Gasteiger partial charge in [0, 0.05) is 36.7 Å². The number of rotatable bonds is 5. The number of aryl methyl sites for hydroxylation is 1. The van der Waals surface area contributed by atoms with Crippen molar-refractivity contribution in [2.24, 2.45) is 5.73 Å². The highest BCUT2D eigenvalue weighted by atomic mass is 16.2. The predicted octanol–water partition coefficient (Wildman–Crippen LogP) is 1.61. The molecule has 0 radical (unpaired) electrons. The van der Waals surface area contributed by atoms with E-state index in [9.17, 15) is 9.59 Å². The smallest absolute Gasteiger partial charge is 0.243 e. The average Bonchev–Trinajstić information content (AvgIpc) is 3.03. The molecule has 0 spiro atoms. The first-order valence-corrected chi connectivity index (χ1v) is 9.57. The summed E-state index contributed by atoms with van der Waals surface area (Å²) in [4.78, 5) is 24.5. The van der Waals surface area contributed by atoms with Gasteiger partial charge in [-0.1, -0.05) is 18.2 Å². The lowest BCUT2D eigenvalue weighted by Gasteiger charge is -2.38. The van der Waals surface area contributed by atoms with E-state index in [1.54, 1.807) is 0 Å². The standard InChI is InChI=1S/C20H30N4O2/c1-13-4-3-5-14-12-16(23-18(13)14)19(26)22-15-6-9-20(2,10-7-15)24-17(25)8-11-21/h3-5,15-16,23H,6-12,21H2,1-2H3,(H,22,26)(H,24,25)/t15-,16?,20+. The summed E-state index contributed by atoms with van der Waals surface area (Å²) in [6.07, 6.45) is 4.59. The molecule has 1 aliphatic heterocycles. The summed E-state index contributed by atoms with van der Waals surface area (Å²) < 4.78 is 0. The number of carbonyl (C=O) groups is 2. The zero-order chi connectivity index (χ0) is 18.7. The van der Waals surface area contributed by atoms with Crippen LogP contribution < -0.4 is 21.7 Å². The predicted molar refractivity (Wildman–Crippen MR) is 103 cm³/mol. The number of hydrogen-bond acceptors (Lipinski definition) is 4. The van der Waals surface area contributed by atoms with Crippen molar-refractivity contribution in [3.05, 3.63) is 29.3 Å². The van der Waals surface area contributed by atoms with Gasteiger partial charge in [-0.25, -0.2) is 0 Å². The SMILES string of the molecule is Cc1cccc2c1NC(C(=O)N[C@H]1CC[C@@](C)(NC(=O)CCN)CC1)C2. The highest BCUT2D eigenvalue weighted by molar-refractivity contribution is 5.88. The van der Waals surface area contributed by atoms with Gasteiger partial charge in [0.1, 0.15) is 6.04 Å². The van der Waals surface area contributed by atoms with Gasteiger partial charge in [-0.2, -0.15) is 0 Å².